The van der Waals surface area contributed by atoms with Gasteiger partial charge in [-0.1, -0.05) is 12.5 Å². The Kier molecular flexibility index (Phi) is 2.50. The SMILES string of the molecule is C=CCC1(CNC)CCC1. The minimum absolute atomic E-state index is 0.594. The normalized spacial score (nSPS) is 21.7. The second kappa shape index (κ2) is 3.20. The van der Waals surface area contributed by atoms with Crippen LogP contribution >= 0.6 is 0 Å². The van der Waals surface area contributed by atoms with Gasteiger partial charge in [0.2, 0.25) is 0 Å². The molecule has 1 nitrogen and oxygen atoms in total. The molecule has 0 aromatic heterocycles. The van der Waals surface area contributed by atoms with Gasteiger partial charge in [0.15, 0.2) is 0 Å². The van der Waals surface area contributed by atoms with Crippen molar-refractivity contribution in [2.75, 3.05) is 13.6 Å². The van der Waals surface area contributed by atoms with Crippen molar-refractivity contribution < 1.29 is 0 Å². The summed E-state index contributed by atoms with van der Waals surface area (Å²) in [6, 6.07) is 0. The molecule has 10 heavy (non-hydrogen) atoms. The average Bonchev–Trinajstić information content (AvgIpc) is 1.84. The van der Waals surface area contributed by atoms with Gasteiger partial charge in [0.1, 0.15) is 0 Å². The molecular formula is C9H17N. The van der Waals surface area contributed by atoms with Crippen LogP contribution in [0.25, 0.3) is 0 Å². The van der Waals surface area contributed by atoms with E-state index in [-0.39, 0.29) is 0 Å². The zero-order valence-electron chi connectivity index (χ0n) is 6.82. The zero-order chi connectivity index (χ0) is 7.45. The first-order chi connectivity index (χ1) is 4.83. The van der Waals surface area contributed by atoms with Crippen molar-refractivity contribution in [3.63, 3.8) is 0 Å². The smallest absolute Gasteiger partial charge is 0.000777 e. The number of hydrogen-bond acceptors (Lipinski definition) is 1. The van der Waals surface area contributed by atoms with Gasteiger partial charge in [0.05, 0.1) is 0 Å². The van der Waals surface area contributed by atoms with Gasteiger partial charge in [0.25, 0.3) is 0 Å². The van der Waals surface area contributed by atoms with Crippen molar-refractivity contribution in [2.45, 2.75) is 25.7 Å². The molecule has 0 atom stereocenters. The summed E-state index contributed by atoms with van der Waals surface area (Å²) in [6.07, 6.45) is 7.43. The molecule has 0 aliphatic heterocycles. The third-order valence-corrected chi connectivity index (χ3v) is 2.54. The van der Waals surface area contributed by atoms with Crippen LogP contribution in [0.1, 0.15) is 25.7 Å². The molecule has 1 rings (SSSR count). The van der Waals surface area contributed by atoms with E-state index in [1.165, 1.54) is 32.2 Å². The van der Waals surface area contributed by atoms with Crippen molar-refractivity contribution in [1.29, 1.82) is 0 Å². The minimum atomic E-state index is 0.594. The van der Waals surface area contributed by atoms with E-state index in [4.69, 9.17) is 0 Å². The van der Waals surface area contributed by atoms with E-state index in [0.29, 0.717) is 5.41 Å². The summed E-state index contributed by atoms with van der Waals surface area (Å²) in [7, 11) is 2.03. The highest BCUT2D eigenvalue weighted by atomic mass is 14.8. The fourth-order valence-corrected chi connectivity index (χ4v) is 1.81. The molecule has 1 saturated carbocycles. The van der Waals surface area contributed by atoms with E-state index in [0.717, 1.165) is 0 Å². The Morgan fingerprint density at radius 2 is 2.30 bits per heavy atom. The summed E-state index contributed by atoms with van der Waals surface area (Å²) in [5, 5.41) is 3.25. The summed E-state index contributed by atoms with van der Waals surface area (Å²) in [5.74, 6) is 0. The summed E-state index contributed by atoms with van der Waals surface area (Å²) < 4.78 is 0. The lowest BCUT2D eigenvalue weighted by Gasteiger charge is -2.41. The van der Waals surface area contributed by atoms with Crippen LogP contribution in [-0.4, -0.2) is 13.6 Å². The third-order valence-electron chi connectivity index (χ3n) is 2.54. The Morgan fingerprint density at radius 3 is 2.60 bits per heavy atom. The maximum absolute atomic E-state index is 3.78. The van der Waals surface area contributed by atoms with E-state index in [1.807, 2.05) is 7.05 Å². The average molecular weight is 139 g/mol. The molecule has 0 spiro atoms. The lowest BCUT2D eigenvalue weighted by Crippen LogP contribution is -2.38. The monoisotopic (exact) mass is 139 g/mol. The van der Waals surface area contributed by atoms with Crippen LogP contribution in [0.15, 0.2) is 12.7 Å². The van der Waals surface area contributed by atoms with E-state index >= 15 is 0 Å². The molecule has 0 unspecified atom stereocenters. The maximum Gasteiger partial charge on any atom is 0.000777 e. The highest BCUT2D eigenvalue weighted by Gasteiger charge is 2.34. The van der Waals surface area contributed by atoms with Crippen LogP contribution < -0.4 is 5.32 Å². The van der Waals surface area contributed by atoms with Gasteiger partial charge in [-0.25, -0.2) is 0 Å². The van der Waals surface area contributed by atoms with Crippen molar-refractivity contribution in [2.24, 2.45) is 5.41 Å². The number of nitrogens with one attached hydrogen (secondary N) is 1. The zero-order valence-corrected chi connectivity index (χ0v) is 6.82. The predicted octanol–water partition coefficient (Wildman–Crippen LogP) is 1.95. The van der Waals surface area contributed by atoms with Crippen molar-refractivity contribution in [3.8, 4) is 0 Å². The Bertz CT molecular complexity index is 114. The predicted molar refractivity (Wildman–Crippen MR) is 45.0 cm³/mol. The highest BCUT2D eigenvalue weighted by molar-refractivity contribution is 4.93. The number of allylic oxidation sites excluding steroid dienone is 1. The van der Waals surface area contributed by atoms with Gasteiger partial charge >= 0.3 is 0 Å². The fraction of sp³-hybridized carbons (Fsp3) is 0.778. The molecule has 0 aromatic carbocycles. The molecule has 0 bridgehead atoms. The van der Waals surface area contributed by atoms with E-state index in [1.54, 1.807) is 0 Å². The van der Waals surface area contributed by atoms with Gasteiger partial charge in [-0.05, 0) is 31.7 Å². The summed E-state index contributed by atoms with van der Waals surface area (Å²) in [6.45, 7) is 4.95. The topological polar surface area (TPSA) is 12.0 Å². The Balaban J connectivity index is 2.34. The van der Waals surface area contributed by atoms with Crippen molar-refractivity contribution >= 4 is 0 Å². The van der Waals surface area contributed by atoms with E-state index < -0.39 is 0 Å². The highest BCUT2D eigenvalue weighted by Crippen LogP contribution is 2.43. The Hall–Kier alpha value is -0.300. The Morgan fingerprint density at radius 1 is 1.60 bits per heavy atom. The van der Waals surface area contributed by atoms with Crippen LogP contribution in [0.2, 0.25) is 0 Å². The second-order valence-electron chi connectivity index (χ2n) is 3.38. The number of rotatable bonds is 4. The summed E-state index contributed by atoms with van der Waals surface area (Å²) >= 11 is 0. The first-order valence-electron chi connectivity index (χ1n) is 4.08. The quantitative estimate of drug-likeness (QED) is 0.587. The molecule has 0 radical (unpaired) electrons. The molecule has 1 heteroatoms. The fourth-order valence-electron chi connectivity index (χ4n) is 1.81. The van der Waals surface area contributed by atoms with Crippen LogP contribution in [-0.2, 0) is 0 Å². The molecular weight excluding hydrogens is 122 g/mol. The van der Waals surface area contributed by atoms with Gasteiger partial charge in [-0.2, -0.15) is 0 Å². The molecule has 58 valence electrons. The van der Waals surface area contributed by atoms with E-state index in [2.05, 4.69) is 18.0 Å². The molecule has 1 aliphatic rings. The van der Waals surface area contributed by atoms with Crippen molar-refractivity contribution in [1.82, 2.24) is 5.32 Å². The number of hydrogen-bond donors (Lipinski definition) is 1. The third kappa shape index (κ3) is 1.40. The molecule has 0 amide bonds. The minimum Gasteiger partial charge on any atom is -0.319 e. The van der Waals surface area contributed by atoms with Gasteiger partial charge in [-0.3, -0.25) is 0 Å². The van der Waals surface area contributed by atoms with Crippen LogP contribution in [0, 0.1) is 5.41 Å². The lowest BCUT2D eigenvalue weighted by molar-refractivity contribution is 0.137. The molecule has 1 fully saturated rings. The van der Waals surface area contributed by atoms with Crippen LogP contribution in [0.3, 0.4) is 0 Å². The molecule has 1 aliphatic carbocycles. The molecule has 0 saturated heterocycles. The van der Waals surface area contributed by atoms with Gasteiger partial charge < -0.3 is 5.32 Å². The van der Waals surface area contributed by atoms with Crippen molar-refractivity contribution in [3.05, 3.63) is 12.7 Å². The van der Waals surface area contributed by atoms with E-state index in [9.17, 15) is 0 Å². The first-order valence-corrected chi connectivity index (χ1v) is 4.08. The summed E-state index contributed by atoms with van der Waals surface area (Å²) in [5.41, 5.74) is 0.594. The summed E-state index contributed by atoms with van der Waals surface area (Å²) in [4.78, 5) is 0. The van der Waals surface area contributed by atoms with Gasteiger partial charge in [-0.15, -0.1) is 6.58 Å². The second-order valence-corrected chi connectivity index (χ2v) is 3.38. The first kappa shape index (κ1) is 7.80. The van der Waals surface area contributed by atoms with Crippen LogP contribution in [0.5, 0.6) is 0 Å². The largest absolute Gasteiger partial charge is 0.319 e. The van der Waals surface area contributed by atoms with Crippen LogP contribution in [0.4, 0.5) is 0 Å². The van der Waals surface area contributed by atoms with Gasteiger partial charge in [0, 0.05) is 6.54 Å². The molecule has 0 aromatic rings. The molecule has 1 N–H and O–H groups in total. The maximum atomic E-state index is 3.78. The Labute approximate surface area is 63.5 Å². The lowest BCUT2D eigenvalue weighted by atomic mass is 9.66. The standard InChI is InChI=1S/C9H17N/c1-3-5-9(8-10-2)6-4-7-9/h3,10H,1,4-8H2,2H3. The molecule has 0 heterocycles.